The van der Waals surface area contributed by atoms with Crippen molar-refractivity contribution in [3.63, 3.8) is 0 Å². The Morgan fingerprint density at radius 1 is 1.35 bits per heavy atom. The van der Waals surface area contributed by atoms with Crippen LogP contribution in [-0.2, 0) is 16.6 Å². The molecule has 3 nitrogen and oxygen atoms in total. The second-order valence-electron chi connectivity index (χ2n) is 8.09. The summed E-state index contributed by atoms with van der Waals surface area (Å²) in [5.41, 5.74) is 3.23. The molecular formula is C20H28O3. The number of carboxylic acids is 1. The van der Waals surface area contributed by atoms with Crippen LogP contribution in [-0.4, -0.2) is 22.8 Å². The zero-order valence-corrected chi connectivity index (χ0v) is 14.4. The Labute approximate surface area is 138 Å². The van der Waals surface area contributed by atoms with Crippen molar-refractivity contribution >= 4 is 5.97 Å². The number of hydrogen-bond acceptors (Lipinski definition) is 2. The van der Waals surface area contributed by atoms with Crippen LogP contribution in [0.25, 0.3) is 0 Å². The average molecular weight is 316 g/mol. The van der Waals surface area contributed by atoms with Crippen molar-refractivity contribution in [3.05, 3.63) is 34.9 Å². The van der Waals surface area contributed by atoms with E-state index in [9.17, 15) is 15.0 Å². The van der Waals surface area contributed by atoms with Crippen molar-refractivity contribution in [2.24, 2.45) is 11.3 Å². The SMILES string of the molecule is C[C@H](CO)c1ccc2c(c1)CC[C@H]1[C@@](C)(C(=O)O)CCC[C@]21C. The molecule has 2 aliphatic rings. The third-order valence-electron chi connectivity index (χ3n) is 6.71. The van der Waals surface area contributed by atoms with Crippen molar-refractivity contribution in [2.75, 3.05) is 6.61 Å². The zero-order chi connectivity index (χ0) is 16.8. The Morgan fingerprint density at radius 3 is 2.74 bits per heavy atom. The van der Waals surface area contributed by atoms with Gasteiger partial charge in [-0.15, -0.1) is 0 Å². The molecule has 0 unspecified atom stereocenters. The fraction of sp³-hybridized carbons (Fsp3) is 0.650. The van der Waals surface area contributed by atoms with E-state index in [-0.39, 0.29) is 23.9 Å². The molecule has 0 amide bonds. The first-order valence-electron chi connectivity index (χ1n) is 8.80. The monoisotopic (exact) mass is 316 g/mol. The molecule has 1 fully saturated rings. The molecule has 1 aromatic carbocycles. The lowest BCUT2D eigenvalue weighted by molar-refractivity contribution is -0.157. The zero-order valence-electron chi connectivity index (χ0n) is 14.4. The third kappa shape index (κ3) is 2.40. The van der Waals surface area contributed by atoms with Crippen molar-refractivity contribution in [1.29, 1.82) is 0 Å². The number of aliphatic hydroxyl groups excluding tert-OH is 1. The van der Waals surface area contributed by atoms with Crippen LogP contribution < -0.4 is 0 Å². The molecule has 0 aliphatic heterocycles. The molecule has 0 heterocycles. The highest BCUT2D eigenvalue weighted by atomic mass is 16.4. The predicted molar refractivity (Wildman–Crippen MR) is 90.7 cm³/mol. The normalized spacial score (nSPS) is 34.3. The van der Waals surface area contributed by atoms with Crippen LogP contribution in [0.15, 0.2) is 18.2 Å². The average Bonchev–Trinajstić information content (AvgIpc) is 2.53. The van der Waals surface area contributed by atoms with Crippen LogP contribution in [0.3, 0.4) is 0 Å². The number of fused-ring (bicyclic) bond motifs is 3. The van der Waals surface area contributed by atoms with Crippen molar-refractivity contribution in [2.45, 2.75) is 64.2 Å². The molecule has 0 spiro atoms. The molecule has 4 atom stereocenters. The number of aryl methyl sites for hydroxylation is 1. The quantitative estimate of drug-likeness (QED) is 0.890. The molecule has 3 rings (SSSR count). The molecule has 0 aromatic heterocycles. The summed E-state index contributed by atoms with van der Waals surface area (Å²) in [5.74, 6) is -0.279. The Hall–Kier alpha value is -1.35. The lowest BCUT2D eigenvalue weighted by Crippen LogP contribution is -2.52. The van der Waals surface area contributed by atoms with E-state index in [1.54, 1.807) is 0 Å². The van der Waals surface area contributed by atoms with Crippen LogP contribution in [0, 0.1) is 11.3 Å². The van der Waals surface area contributed by atoms with Gasteiger partial charge in [0, 0.05) is 12.5 Å². The van der Waals surface area contributed by atoms with Gasteiger partial charge in [0.25, 0.3) is 0 Å². The minimum absolute atomic E-state index is 0.0417. The summed E-state index contributed by atoms with van der Waals surface area (Å²) in [6.45, 7) is 6.42. The van der Waals surface area contributed by atoms with E-state index in [2.05, 4.69) is 25.1 Å². The summed E-state index contributed by atoms with van der Waals surface area (Å²) in [6, 6.07) is 6.57. The molecule has 0 bridgehead atoms. The van der Waals surface area contributed by atoms with E-state index in [1.807, 2.05) is 13.8 Å². The van der Waals surface area contributed by atoms with Gasteiger partial charge in [-0.2, -0.15) is 0 Å². The van der Waals surface area contributed by atoms with Gasteiger partial charge < -0.3 is 10.2 Å². The molecular weight excluding hydrogens is 288 g/mol. The fourth-order valence-electron chi connectivity index (χ4n) is 5.18. The van der Waals surface area contributed by atoms with Gasteiger partial charge in [0.15, 0.2) is 0 Å². The molecule has 3 heteroatoms. The first kappa shape index (κ1) is 16.5. The molecule has 2 aliphatic carbocycles. The number of carboxylic acid groups (broad SMARTS) is 1. The number of hydrogen-bond donors (Lipinski definition) is 2. The van der Waals surface area contributed by atoms with Gasteiger partial charge in [-0.1, -0.05) is 38.5 Å². The summed E-state index contributed by atoms with van der Waals surface area (Å²) < 4.78 is 0. The van der Waals surface area contributed by atoms with E-state index < -0.39 is 11.4 Å². The lowest BCUT2D eigenvalue weighted by Gasteiger charge is -2.53. The predicted octanol–water partition coefficient (Wildman–Crippen LogP) is 3.88. The number of benzene rings is 1. The molecule has 0 radical (unpaired) electrons. The highest BCUT2D eigenvalue weighted by Crippen LogP contribution is 2.57. The van der Waals surface area contributed by atoms with Crippen molar-refractivity contribution in [1.82, 2.24) is 0 Å². The lowest BCUT2D eigenvalue weighted by atomic mass is 9.50. The van der Waals surface area contributed by atoms with Gasteiger partial charge in [0.2, 0.25) is 0 Å². The second kappa shape index (κ2) is 5.62. The van der Waals surface area contributed by atoms with Gasteiger partial charge in [-0.25, -0.2) is 0 Å². The third-order valence-corrected chi connectivity index (χ3v) is 6.71. The first-order valence-corrected chi connectivity index (χ1v) is 8.80. The Kier molecular flexibility index (Phi) is 4.04. The Bertz CT molecular complexity index is 623. The standard InChI is InChI=1S/C20H28O3/c1-13(12-21)14-5-7-16-15(11-14)6-8-17-19(16,2)9-4-10-20(17,3)18(22)23/h5,7,11,13,17,21H,4,6,8-10,12H2,1-3H3,(H,22,23)/t13-,17-,19-,20+/m1/s1. The van der Waals surface area contributed by atoms with Gasteiger partial charge in [-0.05, 0) is 60.6 Å². The summed E-state index contributed by atoms with van der Waals surface area (Å²) in [5, 5.41) is 19.2. The van der Waals surface area contributed by atoms with Crippen LogP contribution in [0.5, 0.6) is 0 Å². The van der Waals surface area contributed by atoms with E-state index in [4.69, 9.17) is 0 Å². The van der Waals surface area contributed by atoms with Crippen LogP contribution in [0.1, 0.15) is 69.1 Å². The summed E-state index contributed by atoms with van der Waals surface area (Å²) >= 11 is 0. The molecule has 1 saturated carbocycles. The largest absolute Gasteiger partial charge is 0.481 e. The minimum atomic E-state index is -0.637. The smallest absolute Gasteiger partial charge is 0.309 e. The van der Waals surface area contributed by atoms with E-state index in [0.717, 1.165) is 32.1 Å². The van der Waals surface area contributed by atoms with Crippen molar-refractivity contribution in [3.8, 4) is 0 Å². The van der Waals surface area contributed by atoms with Gasteiger partial charge in [0.05, 0.1) is 5.41 Å². The number of aliphatic carboxylic acids is 1. The highest BCUT2D eigenvalue weighted by Gasteiger charge is 2.55. The number of aliphatic hydroxyl groups is 1. The summed E-state index contributed by atoms with van der Waals surface area (Å²) in [4.78, 5) is 11.9. The van der Waals surface area contributed by atoms with Gasteiger partial charge in [-0.3, -0.25) is 4.79 Å². The fourth-order valence-corrected chi connectivity index (χ4v) is 5.18. The van der Waals surface area contributed by atoms with Gasteiger partial charge in [0.1, 0.15) is 0 Å². The Morgan fingerprint density at radius 2 is 2.09 bits per heavy atom. The second-order valence-corrected chi connectivity index (χ2v) is 8.09. The van der Waals surface area contributed by atoms with Gasteiger partial charge >= 0.3 is 5.97 Å². The molecule has 2 N–H and O–H groups in total. The minimum Gasteiger partial charge on any atom is -0.481 e. The topological polar surface area (TPSA) is 57.5 Å². The van der Waals surface area contributed by atoms with E-state index in [0.29, 0.717) is 0 Å². The molecule has 0 saturated heterocycles. The number of rotatable bonds is 3. The molecule has 1 aromatic rings. The van der Waals surface area contributed by atoms with Crippen LogP contribution in [0.4, 0.5) is 0 Å². The molecule has 23 heavy (non-hydrogen) atoms. The maximum absolute atomic E-state index is 11.9. The highest BCUT2D eigenvalue weighted by molar-refractivity contribution is 5.75. The first-order chi connectivity index (χ1) is 10.8. The van der Waals surface area contributed by atoms with Crippen molar-refractivity contribution < 1.29 is 15.0 Å². The summed E-state index contributed by atoms with van der Waals surface area (Å²) in [6.07, 6.45) is 4.73. The Balaban J connectivity index is 2.04. The maximum atomic E-state index is 11.9. The molecule has 126 valence electrons. The summed E-state index contributed by atoms with van der Waals surface area (Å²) in [7, 11) is 0. The van der Waals surface area contributed by atoms with Crippen LogP contribution >= 0.6 is 0 Å². The number of carbonyl (C=O) groups is 1. The van der Waals surface area contributed by atoms with Crippen LogP contribution in [0.2, 0.25) is 0 Å². The maximum Gasteiger partial charge on any atom is 0.309 e. The van der Waals surface area contributed by atoms with E-state index in [1.165, 1.54) is 16.7 Å². The van der Waals surface area contributed by atoms with E-state index >= 15 is 0 Å².